The van der Waals surface area contributed by atoms with Crippen LogP contribution in [0.4, 0.5) is 4.79 Å². The Morgan fingerprint density at radius 1 is 1.18 bits per heavy atom. The molecule has 1 aromatic rings. The van der Waals surface area contributed by atoms with E-state index in [0.29, 0.717) is 11.2 Å². The number of carbonyl (C=O) groups is 2. The van der Waals surface area contributed by atoms with Gasteiger partial charge in [-0.25, -0.2) is 9.48 Å². The zero-order chi connectivity index (χ0) is 15.4. The van der Waals surface area contributed by atoms with Gasteiger partial charge in [0.2, 0.25) is 11.1 Å². The molecule has 0 aliphatic heterocycles. The van der Waals surface area contributed by atoms with Crippen molar-refractivity contribution in [1.29, 1.82) is 0 Å². The van der Waals surface area contributed by atoms with Gasteiger partial charge in [0.25, 0.3) is 0 Å². The Balaban J connectivity index is 1.40. The number of amides is 3. The van der Waals surface area contributed by atoms with E-state index < -0.39 is 6.03 Å². The highest BCUT2D eigenvalue weighted by Gasteiger charge is 2.28. The number of thioether (sulfide) groups is 1. The zero-order valence-electron chi connectivity index (χ0n) is 12.3. The van der Waals surface area contributed by atoms with Crippen molar-refractivity contribution < 1.29 is 9.59 Å². The first-order valence-corrected chi connectivity index (χ1v) is 8.72. The molecule has 0 bridgehead atoms. The summed E-state index contributed by atoms with van der Waals surface area (Å²) in [5.41, 5.74) is 0. The molecule has 0 atom stereocenters. The van der Waals surface area contributed by atoms with Crippen LogP contribution in [0.2, 0.25) is 0 Å². The minimum Gasteiger partial charge on any atom is -0.335 e. The zero-order valence-corrected chi connectivity index (χ0v) is 13.1. The molecule has 2 saturated carbocycles. The Morgan fingerprint density at radius 2 is 1.95 bits per heavy atom. The lowest BCUT2D eigenvalue weighted by Crippen LogP contribution is -2.45. The topological polar surface area (TPSA) is 102 Å². The van der Waals surface area contributed by atoms with Gasteiger partial charge in [0.15, 0.2) is 0 Å². The van der Waals surface area contributed by atoms with E-state index >= 15 is 0 Å². The number of aromatic nitrogens is 4. The van der Waals surface area contributed by atoms with Gasteiger partial charge in [0, 0.05) is 6.04 Å². The van der Waals surface area contributed by atoms with Gasteiger partial charge < -0.3 is 5.32 Å². The van der Waals surface area contributed by atoms with Crippen molar-refractivity contribution in [2.75, 3.05) is 5.75 Å². The van der Waals surface area contributed by atoms with Crippen molar-refractivity contribution in [2.45, 2.75) is 62.2 Å². The summed E-state index contributed by atoms with van der Waals surface area (Å²) in [6.07, 6.45) is 7.64. The average Bonchev–Trinajstić information content (AvgIpc) is 3.24. The summed E-state index contributed by atoms with van der Waals surface area (Å²) in [5.74, 6) is -0.200. The summed E-state index contributed by atoms with van der Waals surface area (Å²) in [7, 11) is 0. The minimum absolute atomic E-state index is 0.130. The van der Waals surface area contributed by atoms with Crippen LogP contribution in [-0.2, 0) is 4.79 Å². The average molecular weight is 324 g/mol. The number of nitrogens with one attached hydrogen (secondary N) is 2. The normalized spacial score (nSPS) is 18.9. The van der Waals surface area contributed by atoms with Gasteiger partial charge in [-0.3, -0.25) is 10.1 Å². The van der Waals surface area contributed by atoms with E-state index in [0.717, 1.165) is 38.5 Å². The van der Waals surface area contributed by atoms with Crippen molar-refractivity contribution in [3.63, 3.8) is 0 Å². The maximum atomic E-state index is 11.8. The Labute approximate surface area is 132 Å². The molecular weight excluding hydrogens is 304 g/mol. The van der Waals surface area contributed by atoms with E-state index in [9.17, 15) is 9.59 Å². The monoisotopic (exact) mass is 324 g/mol. The summed E-state index contributed by atoms with van der Waals surface area (Å²) in [6.45, 7) is 0. The standard InChI is InChI=1S/C13H20N6O2S/c20-11(15-12(21)14-9-4-2-1-3-5-9)8-22-13-16-17-18-19(13)10-6-7-10/h9-10H,1-8H2,(H2,14,15,20,21). The predicted molar refractivity (Wildman–Crippen MR) is 80.4 cm³/mol. The van der Waals surface area contributed by atoms with Gasteiger partial charge in [0.1, 0.15) is 0 Å². The first-order chi connectivity index (χ1) is 10.7. The molecule has 0 unspecified atom stereocenters. The number of hydrogen-bond donors (Lipinski definition) is 2. The third-order valence-electron chi connectivity index (χ3n) is 3.88. The molecule has 1 aromatic heterocycles. The van der Waals surface area contributed by atoms with Crippen LogP contribution < -0.4 is 10.6 Å². The molecule has 22 heavy (non-hydrogen) atoms. The molecule has 3 rings (SSSR count). The molecule has 3 amide bonds. The van der Waals surface area contributed by atoms with Crippen LogP contribution in [0, 0.1) is 0 Å². The molecule has 2 N–H and O–H groups in total. The number of hydrogen-bond acceptors (Lipinski definition) is 6. The lowest BCUT2D eigenvalue weighted by molar-refractivity contribution is -0.117. The molecule has 0 aromatic carbocycles. The van der Waals surface area contributed by atoms with E-state index in [-0.39, 0.29) is 17.7 Å². The Bertz CT molecular complexity index is 538. The smallest absolute Gasteiger partial charge is 0.321 e. The predicted octanol–water partition coefficient (Wildman–Crippen LogP) is 1.26. The molecule has 120 valence electrons. The van der Waals surface area contributed by atoms with Gasteiger partial charge in [-0.15, -0.1) is 5.10 Å². The second-order valence-electron chi connectivity index (χ2n) is 5.78. The lowest BCUT2D eigenvalue weighted by atomic mass is 9.96. The second-order valence-corrected chi connectivity index (χ2v) is 6.72. The highest BCUT2D eigenvalue weighted by Crippen LogP contribution is 2.36. The molecular formula is C13H20N6O2S. The van der Waals surface area contributed by atoms with E-state index in [2.05, 4.69) is 26.2 Å². The number of rotatable bonds is 5. The second kappa shape index (κ2) is 7.08. The highest BCUT2D eigenvalue weighted by molar-refractivity contribution is 7.99. The molecule has 2 aliphatic rings. The van der Waals surface area contributed by atoms with Crippen LogP contribution in [0.15, 0.2) is 5.16 Å². The Hall–Kier alpha value is -1.64. The largest absolute Gasteiger partial charge is 0.335 e. The number of imide groups is 1. The van der Waals surface area contributed by atoms with E-state index in [4.69, 9.17) is 0 Å². The third-order valence-corrected chi connectivity index (χ3v) is 4.81. The Morgan fingerprint density at radius 3 is 2.68 bits per heavy atom. The van der Waals surface area contributed by atoms with Gasteiger partial charge >= 0.3 is 6.03 Å². The fourth-order valence-corrected chi connectivity index (χ4v) is 3.33. The first-order valence-electron chi connectivity index (χ1n) is 7.73. The van der Waals surface area contributed by atoms with Crippen LogP contribution in [0.1, 0.15) is 51.0 Å². The summed E-state index contributed by atoms with van der Waals surface area (Å²) in [4.78, 5) is 23.6. The van der Waals surface area contributed by atoms with Crippen LogP contribution in [0.3, 0.4) is 0 Å². The van der Waals surface area contributed by atoms with Crippen LogP contribution in [-0.4, -0.2) is 43.9 Å². The van der Waals surface area contributed by atoms with E-state index in [1.54, 1.807) is 4.68 Å². The molecule has 9 heteroatoms. The molecule has 8 nitrogen and oxygen atoms in total. The van der Waals surface area contributed by atoms with Crippen LogP contribution in [0.25, 0.3) is 0 Å². The SMILES string of the molecule is O=C(CSc1nnnn1C1CC1)NC(=O)NC1CCCCC1. The van der Waals surface area contributed by atoms with Crippen LogP contribution >= 0.6 is 11.8 Å². The number of nitrogens with zero attached hydrogens (tertiary/aromatic N) is 4. The van der Waals surface area contributed by atoms with E-state index in [1.807, 2.05) is 0 Å². The Kier molecular flexibility index (Phi) is 4.91. The van der Waals surface area contributed by atoms with Gasteiger partial charge in [0.05, 0.1) is 11.8 Å². The molecule has 0 radical (unpaired) electrons. The van der Waals surface area contributed by atoms with Crippen molar-refractivity contribution in [1.82, 2.24) is 30.8 Å². The maximum absolute atomic E-state index is 11.8. The molecule has 2 aliphatic carbocycles. The van der Waals surface area contributed by atoms with E-state index in [1.165, 1.54) is 18.2 Å². The number of urea groups is 1. The summed E-state index contributed by atoms with van der Waals surface area (Å²) >= 11 is 1.25. The summed E-state index contributed by atoms with van der Waals surface area (Å²) in [5, 5.41) is 17.3. The number of tetrazole rings is 1. The molecule has 1 heterocycles. The van der Waals surface area contributed by atoms with Crippen molar-refractivity contribution in [2.24, 2.45) is 0 Å². The van der Waals surface area contributed by atoms with Gasteiger partial charge in [-0.1, -0.05) is 31.0 Å². The van der Waals surface area contributed by atoms with Gasteiger partial charge in [-0.05, 0) is 36.1 Å². The minimum atomic E-state index is -0.403. The molecule has 0 saturated heterocycles. The highest BCUT2D eigenvalue weighted by atomic mass is 32.2. The maximum Gasteiger partial charge on any atom is 0.321 e. The van der Waals surface area contributed by atoms with Crippen molar-refractivity contribution in [3.8, 4) is 0 Å². The van der Waals surface area contributed by atoms with Crippen LogP contribution in [0.5, 0.6) is 0 Å². The summed E-state index contributed by atoms with van der Waals surface area (Å²) in [6, 6.07) is 0.158. The quantitative estimate of drug-likeness (QED) is 0.791. The number of carbonyl (C=O) groups excluding carboxylic acids is 2. The fraction of sp³-hybridized carbons (Fsp3) is 0.769. The van der Waals surface area contributed by atoms with Gasteiger partial charge in [-0.2, -0.15) is 0 Å². The fourth-order valence-electron chi connectivity index (χ4n) is 2.59. The molecule has 2 fully saturated rings. The van der Waals surface area contributed by atoms with Crippen molar-refractivity contribution >= 4 is 23.7 Å². The summed E-state index contributed by atoms with van der Waals surface area (Å²) < 4.78 is 1.75. The first kappa shape index (κ1) is 15.3. The third kappa shape index (κ3) is 4.19. The van der Waals surface area contributed by atoms with Crippen molar-refractivity contribution in [3.05, 3.63) is 0 Å². The molecule has 0 spiro atoms. The lowest BCUT2D eigenvalue weighted by Gasteiger charge is -2.22.